The fourth-order valence-electron chi connectivity index (χ4n) is 1.50. The van der Waals surface area contributed by atoms with E-state index in [0.717, 1.165) is 6.07 Å². The Labute approximate surface area is 92.3 Å². The van der Waals surface area contributed by atoms with Crippen LogP contribution in [0.25, 0.3) is 11.1 Å². The highest BCUT2D eigenvalue weighted by Gasteiger charge is 2.09. The molecule has 0 aliphatic carbocycles. The molecule has 0 saturated carbocycles. The molecule has 0 heterocycles. The van der Waals surface area contributed by atoms with E-state index in [9.17, 15) is 8.78 Å². The van der Waals surface area contributed by atoms with Crippen LogP contribution >= 0.6 is 0 Å². The summed E-state index contributed by atoms with van der Waals surface area (Å²) >= 11 is 0. The SMILES string of the molecule is COc1ccc(-c2cccc(F)c2F)cc1. The maximum Gasteiger partial charge on any atom is 0.166 e. The quantitative estimate of drug-likeness (QED) is 0.750. The smallest absolute Gasteiger partial charge is 0.166 e. The molecule has 0 saturated heterocycles. The molecule has 0 amide bonds. The lowest BCUT2D eigenvalue weighted by Gasteiger charge is -2.05. The van der Waals surface area contributed by atoms with Crippen LogP contribution in [0.2, 0.25) is 0 Å². The van der Waals surface area contributed by atoms with Crippen LogP contribution in [-0.2, 0) is 0 Å². The Morgan fingerprint density at radius 3 is 2.25 bits per heavy atom. The van der Waals surface area contributed by atoms with Gasteiger partial charge in [-0.25, -0.2) is 8.78 Å². The van der Waals surface area contributed by atoms with E-state index in [2.05, 4.69) is 0 Å². The minimum Gasteiger partial charge on any atom is -0.497 e. The summed E-state index contributed by atoms with van der Waals surface area (Å²) in [7, 11) is 1.55. The van der Waals surface area contributed by atoms with Gasteiger partial charge >= 0.3 is 0 Å². The highest BCUT2D eigenvalue weighted by Crippen LogP contribution is 2.25. The summed E-state index contributed by atoms with van der Waals surface area (Å²) in [6.07, 6.45) is 0. The zero-order chi connectivity index (χ0) is 11.5. The molecule has 0 atom stereocenters. The van der Waals surface area contributed by atoms with Crippen LogP contribution in [0.4, 0.5) is 8.78 Å². The lowest BCUT2D eigenvalue weighted by Crippen LogP contribution is -1.89. The largest absolute Gasteiger partial charge is 0.497 e. The van der Waals surface area contributed by atoms with Gasteiger partial charge in [-0.1, -0.05) is 24.3 Å². The number of rotatable bonds is 2. The number of hydrogen-bond donors (Lipinski definition) is 0. The topological polar surface area (TPSA) is 9.23 Å². The van der Waals surface area contributed by atoms with Crippen LogP contribution in [0.5, 0.6) is 5.75 Å². The van der Waals surface area contributed by atoms with Gasteiger partial charge in [0.25, 0.3) is 0 Å². The van der Waals surface area contributed by atoms with Gasteiger partial charge in [-0.05, 0) is 23.8 Å². The molecule has 82 valence electrons. The summed E-state index contributed by atoms with van der Waals surface area (Å²) in [6, 6.07) is 10.9. The van der Waals surface area contributed by atoms with E-state index >= 15 is 0 Å². The van der Waals surface area contributed by atoms with Crippen molar-refractivity contribution in [3.05, 3.63) is 54.1 Å². The highest BCUT2D eigenvalue weighted by molar-refractivity contribution is 5.64. The fraction of sp³-hybridized carbons (Fsp3) is 0.0769. The fourth-order valence-corrected chi connectivity index (χ4v) is 1.50. The monoisotopic (exact) mass is 220 g/mol. The van der Waals surface area contributed by atoms with Crippen molar-refractivity contribution >= 4 is 0 Å². The second-order valence-corrected chi connectivity index (χ2v) is 3.33. The van der Waals surface area contributed by atoms with Crippen LogP contribution in [0, 0.1) is 11.6 Å². The van der Waals surface area contributed by atoms with Gasteiger partial charge in [0.05, 0.1) is 7.11 Å². The molecule has 16 heavy (non-hydrogen) atoms. The Morgan fingerprint density at radius 1 is 0.938 bits per heavy atom. The molecule has 0 aliphatic heterocycles. The first-order valence-corrected chi connectivity index (χ1v) is 4.81. The minimum atomic E-state index is -0.840. The van der Waals surface area contributed by atoms with Gasteiger partial charge in [0, 0.05) is 5.56 Å². The van der Waals surface area contributed by atoms with E-state index < -0.39 is 11.6 Å². The van der Waals surface area contributed by atoms with Gasteiger partial charge < -0.3 is 4.74 Å². The molecular weight excluding hydrogens is 210 g/mol. The summed E-state index contributed by atoms with van der Waals surface area (Å²) in [4.78, 5) is 0. The third-order valence-corrected chi connectivity index (χ3v) is 2.35. The van der Waals surface area contributed by atoms with Crippen LogP contribution in [-0.4, -0.2) is 7.11 Å². The minimum absolute atomic E-state index is 0.252. The standard InChI is InChI=1S/C13H10F2O/c1-16-10-7-5-9(6-8-10)11-3-2-4-12(14)13(11)15/h2-8H,1H3. The Morgan fingerprint density at radius 2 is 1.62 bits per heavy atom. The maximum atomic E-state index is 13.5. The average molecular weight is 220 g/mol. The molecule has 0 N–H and O–H groups in total. The molecule has 2 aromatic rings. The summed E-state index contributed by atoms with van der Waals surface area (Å²) in [5.41, 5.74) is 0.875. The summed E-state index contributed by atoms with van der Waals surface area (Å²) in [6.45, 7) is 0. The molecule has 2 rings (SSSR count). The predicted molar refractivity (Wildman–Crippen MR) is 58.3 cm³/mol. The van der Waals surface area contributed by atoms with Crippen LogP contribution in [0.1, 0.15) is 0 Å². The number of hydrogen-bond acceptors (Lipinski definition) is 1. The number of ether oxygens (including phenoxy) is 1. The maximum absolute atomic E-state index is 13.5. The molecular formula is C13H10F2O. The average Bonchev–Trinajstić information content (AvgIpc) is 2.33. The normalized spacial score (nSPS) is 10.2. The predicted octanol–water partition coefficient (Wildman–Crippen LogP) is 3.64. The van der Waals surface area contributed by atoms with E-state index in [4.69, 9.17) is 4.74 Å². The molecule has 0 fully saturated rings. The third-order valence-electron chi connectivity index (χ3n) is 2.35. The second kappa shape index (κ2) is 4.31. The van der Waals surface area contributed by atoms with Crippen molar-refractivity contribution in [3.8, 4) is 16.9 Å². The first kappa shape index (κ1) is 10.6. The van der Waals surface area contributed by atoms with Gasteiger partial charge in [-0.15, -0.1) is 0 Å². The van der Waals surface area contributed by atoms with Crippen molar-refractivity contribution in [3.63, 3.8) is 0 Å². The molecule has 3 heteroatoms. The van der Waals surface area contributed by atoms with Gasteiger partial charge in [0.2, 0.25) is 0 Å². The first-order chi connectivity index (χ1) is 7.72. The Balaban J connectivity index is 2.46. The Hall–Kier alpha value is -1.90. The van der Waals surface area contributed by atoms with Crippen LogP contribution in [0.15, 0.2) is 42.5 Å². The number of methoxy groups -OCH3 is 1. The molecule has 1 nitrogen and oxygen atoms in total. The molecule has 0 aromatic heterocycles. The first-order valence-electron chi connectivity index (χ1n) is 4.81. The van der Waals surface area contributed by atoms with E-state index in [1.54, 1.807) is 37.4 Å². The van der Waals surface area contributed by atoms with Crippen molar-refractivity contribution in [1.82, 2.24) is 0 Å². The van der Waals surface area contributed by atoms with Gasteiger partial charge in [-0.3, -0.25) is 0 Å². The van der Waals surface area contributed by atoms with Gasteiger partial charge in [0.15, 0.2) is 11.6 Å². The summed E-state index contributed by atoms with van der Waals surface area (Å²) < 4.78 is 31.5. The molecule has 2 aromatic carbocycles. The number of halogens is 2. The molecule has 0 aliphatic rings. The van der Waals surface area contributed by atoms with Crippen molar-refractivity contribution in [2.75, 3.05) is 7.11 Å². The van der Waals surface area contributed by atoms with Gasteiger partial charge in [-0.2, -0.15) is 0 Å². The zero-order valence-corrected chi connectivity index (χ0v) is 8.71. The van der Waals surface area contributed by atoms with Crippen LogP contribution in [0.3, 0.4) is 0 Å². The van der Waals surface area contributed by atoms with E-state index in [1.807, 2.05) is 0 Å². The van der Waals surface area contributed by atoms with Crippen molar-refractivity contribution in [1.29, 1.82) is 0 Å². The van der Waals surface area contributed by atoms with Gasteiger partial charge in [0.1, 0.15) is 5.75 Å². The summed E-state index contributed by atoms with van der Waals surface area (Å²) in [5, 5.41) is 0. The van der Waals surface area contributed by atoms with Crippen molar-refractivity contribution < 1.29 is 13.5 Å². The molecule has 0 unspecified atom stereocenters. The second-order valence-electron chi connectivity index (χ2n) is 3.33. The van der Waals surface area contributed by atoms with Crippen molar-refractivity contribution in [2.24, 2.45) is 0 Å². The summed E-state index contributed by atoms with van der Waals surface area (Å²) in [5.74, 6) is -0.985. The molecule has 0 spiro atoms. The van der Waals surface area contributed by atoms with Crippen molar-refractivity contribution in [2.45, 2.75) is 0 Å². The molecule has 0 radical (unpaired) electrons. The highest BCUT2D eigenvalue weighted by atomic mass is 19.2. The zero-order valence-electron chi connectivity index (χ0n) is 8.71. The lowest BCUT2D eigenvalue weighted by atomic mass is 10.0. The van der Waals surface area contributed by atoms with Crippen LogP contribution < -0.4 is 4.74 Å². The Bertz CT molecular complexity index is 492. The Kier molecular flexibility index (Phi) is 2.86. The van der Waals surface area contributed by atoms with E-state index in [-0.39, 0.29) is 5.56 Å². The van der Waals surface area contributed by atoms with E-state index in [1.165, 1.54) is 6.07 Å². The third kappa shape index (κ3) is 1.89. The van der Waals surface area contributed by atoms with E-state index in [0.29, 0.717) is 11.3 Å². The number of benzene rings is 2. The molecule has 0 bridgehead atoms. The lowest BCUT2D eigenvalue weighted by molar-refractivity contribution is 0.415.